The van der Waals surface area contributed by atoms with Crippen molar-refractivity contribution in [3.05, 3.63) is 34.9 Å². The van der Waals surface area contributed by atoms with Gasteiger partial charge in [0.15, 0.2) is 5.03 Å². The van der Waals surface area contributed by atoms with E-state index in [1.165, 1.54) is 17.5 Å². The van der Waals surface area contributed by atoms with Crippen LogP contribution in [0, 0.1) is 0 Å². The van der Waals surface area contributed by atoms with E-state index in [0.717, 1.165) is 5.01 Å². The molecule has 6 nitrogen and oxygen atoms in total. The Morgan fingerprint density at radius 3 is 2.84 bits per heavy atom. The Hall–Kier alpha value is -1.51. The number of rotatable bonds is 6. The number of hydrogen-bond acceptors (Lipinski definition) is 6. The van der Waals surface area contributed by atoms with Crippen LogP contribution in [-0.4, -0.2) is 32.0 Å². The number of thiazole rings is 1. The van der Waals surface area contributed by atoms with Crippen LogP contribution in [0.25, 0.3) is 0 Å². The molecule has 19 heavy (non-hydrogen) atoms. The summed E-state index contributed by atoms with van der Waals surface area (Å²) in [4.78, 5) is 8.01. The predicted molar refractivity (Wildman–Crippen MR) is 74.8 cm³/mol. The van der Waals surface area contributed by atoms with Crippen LogP contribution in [0.2, 0.25) is 0 Å². The number of pyridine rings is 1. The third-order valence-electron chi connectivity index (χ3n) is 2.41. The first-order chi connectivity index (χ1) is 9.13. The van der Waals surface area contributed by atoms with Crippen molar-refractivity contribution in [3.63, 3.8) is 0 Å². The minimum atomic E-state index is -3.60. The van der Waals surface area contributed by atoms with Crippen molar-refractivity contribution in [1.82, 2.24) is 14.7 Å². The van der Waals surface area contributed by atoms with Crippen molar-refractivity contribution in [2.75, 3.05) is 18.9 Å². The second kappa shape index (κ2) is 6.09. The molecular formula is C11H14N4O2S2. The molecule has 0 fully saturated rings. The van der Waals surface area contributed by atoms with E-state index >= 15 is 0 Å². The van der Waals surface area contributed by atoms with Crippen molar-refractivity contribution in [2.24, 2.45) is 0 Å². The Kier molecular flexibility index (Phi) is 4.46. The van der Waals surface area contributed by atoms with E-state index < -0.39 is 10.0 Å². The third-order valence-corrected chi connectivity index (χ3v) is 4.67. The van der Waals surface area contributed by atoms with Gasteiger partial charge in [0.05, 0.1) is 10.7 Å². The molecule has 0 aliphatic carbocycles. The summed E-state index contributed by atoms with van der Waals surface area (Å²) in [6.45, 7) is 0.301. The molecule has 0 atom stereocenters. The van der Waals surface area contributed by atoms with Gasteiger partial charge in [0, 0.05) is 37.8 Å². The molecule has 0 radical (unpaired) electrons. The van der Waals surface area contributed by atoms with Gasteiger partial charge in [-0.05, 0) is 12.1 Å². The van der Waals surface area contributed by atoms with Gasteiger partial charge >= 0.3 is 0 Å². The minimum absolute atomic E-state index is 0.0108. The zero-order chi connectivity index (χ0) is 13.7. The van der Waals surface area contributed by atoms with Gasteiger partial charge in [0.1, 0.15) is 0 Å². The SMILES string of the molecule is CNc1cccnc1S(=O)(=O)NCCc1nccs1. The third kappa shape index (κ3) is 3.49. The highest BCUT2D eigenvalue weighted by molar-refractivity contribution is 7.89. The molecule has 0 amide bonds. The maximum atomic E-state index is 12.1. The van der Waals surface area contributed by atoms with Crippen LogP contribution in [-0.2, 0) is 16.4 Å². The van der Waals surface area contributed by atoms with Crippen molar-refractivity contribution in [1.29, 1.82) is 0 Å². The smallest absolute Gasteiger partial charge is 0.260 e. The van der Waals surface area contributed by atoms with Crippen molar-refractivity contribution < 1.29 is 8.42 Å². The van der Waals surface area contributed by atoms with E-state index in [1.807, 2.05) is 5.38 Å². The van der Waals surface area contributed by atoms with Crippen molar-refractivity contribution in [2.45, 2.75) is 11.4 Å². The lowest BCUT2D eigenvalue weighted by molar-refractivity contribution is 0.578. The molecule has 2 aromatic rings. The molecule has 0 aliphatic heterocycles. The molecule has 0 unspecified atom stereocenters. The van der Waals surface area contributed by atoms with Crippen molar-refractivity contribution in [3.8, 4) is 0 Å². The fourth-order valence-electron chi connectivity index (χ4n) is 1.53. The maximum absolute atomic E-state index is 12.1. The Bertz CT molecular complexity index is 626. The van der Waals surface area contributed by atoms with Crippen LogP contribution < -0.4 is 10.0 Å². The van der Waals surface area contributed by atoms with Gasteiger partial charge in [-0.1, -0.05) is 0 Å². The van der Waals surface area contributed by atoms with Crippen LogP contribution in [0.5, 0.6) is 0 Å². The average Bonchev–Trinajstić information content (AvgIpc) is 2.91. The van der Waals surface area contributed by atoms with E-state index in [0.29, 0.717) is 18.7 Å². The lowest BCUT2D eigenvalue weighted by Crippen LogP contribution is -2.27. The first kappa shape index (κ1) is 13.9. The summed E-state index contributed by atoms with van der Waals surface area (Å²) in [5, 5.41) is 5.59. The standard InChI is InChI=1S/C11H14N4O2S2/c1-12-9-3-2-5-14-11(9)19(16,17)15-6-4-10-13-7-8-18-10/h2-3,5,7-8,12,15H,4,6H2,1H3. The lowest BCUT2D eigenvalue weighted by atomic mass is 10.4. The van der Waals surface area contributed by atoms with Gasteiger partial charge in [0.2, 0.25) is 0 Å². The second-order valence-corrected chi connectivity index (χ2v) is 6.34. The number of anilines is 1. The molecule has 0 bridgehead atoms. The van der Waals surface area contributed by atoms with E-state index in [4.69, 9.17) is 0 Å². The summed E-state index contributed by atoms with van der Waals surface area (Å²) in [5.74, 6) is 0. The fourth-order valence-corrected chi connectivity index (χ4v) is 3.32. The molecule has 0 saturated heterocycles. The van der Waals surface area contributed by atoms with Crippen molar-refractivity contribution >= 4 is 27.0 Å². The van der Waals surface area contributed by atoms with E-state index in [9.17, 15) is 8.42 Å². The molecule has 0 aromatic carbocycles. The molecule has 0 saturated carbocycles. The molecular weight excluding hydrogens is 284 g/mol. The Morgan fingerprint density at radius 2 is 2.16 bits per heavy atom. The fraction of sp³-hybridized carbons (Fsp3) is 0.273. The van der Waals surface area contributed by atoms with Crippen LogP contribution in [0.3, 0.4) is 0 Å². The molecule has 2 rings (SSSR count). The van der Waals surface area contributed by atoms with Crippen LogP contribution in [0.1, 0.15) is 5.01 Å². The first-order valence-corrected chi connectivity index (χ1v) is 8.00. The second-order valence-electron chi connectivity index (χ2n) is 3.68. The minimum Gasteiger partial charge on any atom is -0.386 e. The van der Waals surface area contributed by atoms with E-state index in [-0.39, 0.29) is 5.03 Å². The molecule has 2 N–H and O–H groups in total. The summed E-state index contributed by atoms with van der Waals surface area (Å²) in [6, 6.07) is 3.35. The molecule has 0 aliphatic rings. The molecule has 0 spiro atoms. The Labute approximate surface area is 116 Å². The summed E-state index contributed by atoms with van der Waals surface area (Å²) in [5.41, 5.74) is 0.476. The van der Waals surface area contributed by atoms with Gasteiger partial charge in [-0.15, -0.1) is 11.3 Å². The normalized spacial score (nSPS) is 11.4. The van der Waals surface area contributed by atoms with Gasteiger partial charge in [0.25, 0.3) is 10.0 Å². The lowest BCUT2D eigenvalue weighted by Gasteiger charge is -2.09. The average molecular weight is 298 g/mol. The Balaban J connectivity index is 2.05. The van der Waals surface area contributed by atoms with E-state index in [1.54, 1.807) is 25.4 Å². The number of nitrogens with zero attached hydrogens (tertiary/aromatic N) is 2. The summed E-state index contributed by atoms with van der Waals surface area (Å²) >= 11 is 1.50. The van der Waals surface area contributed by atoms with Gasteiger partial charge in [-0.3, -0.25) is 0 Å². The van der Waals surface area contributed by atoms with Crippen LogP contribution >= 0.6 is 11.3 Å². The van der Waals surface area contributed by atoms with Crippen LogP contribution in [0.4, 0.5) is 5.69 Å². The number of aromatic nitrogens is 2. The van der Waals surface area contributed by atoms with E-state index in [2.05, 4.69) is 20.0 Å². The molecule has 102 valence electrons. The topological polar surface area (TPSA) is 84.0 Å². The predicted octanol–water partition coefficient (Wildman–Crippen LogP) is 1.10. The summed E-state index contributed by atoms with van der Waals surface area (Å²) < 4.78 is 26.7. The largest absolute Gasteiger partial charge is 0.386 e. The quantitative estimate of drug-likeness (QED) is 0.834. The zero-order valence-corrected chi connectivity index (χ0v) is 12.0. The summed E-state index contributed by atoms with van der Waals surface area (Å²) in [6.07, 6.45) is 3.72. The molecule has 2 aromatic heterocycles. The number of sulfonamides is 1. The summed E-state index contributed by atoms with van der Waals surface area (Å²) in [7, 11) is -1.94. The highest BCUT2D eigenvalue weighted by Gasteiger charge is 2.18. The zero-order valence-electron chi connectivity index (χ0n) is 10.3. The first-order valence-electron chi connectivity index (χ1n) is 5.64. The Morgan fingerprint density at radius 1 is 1.32 bits per heavy atom. The monoisotopic (exact) mass is 298 g/mol. The molecule has 2 heterocycles. The maximum Gasteiger partial charge on any atom is 0.260 e. The van der Waals surface area contributed by atoms with Gasteiger partial charge in [-0.2, -0.15) is 0 Å². The van der Waals surface area contributed by atoms with Crippen LogP contribution in [0.15, 0.2) is 34.9 Å². The molecule has 8 heteroatoms. The van der Waals surface area contributed by atoms with Gasteiger partial charge in [-0.25, -0.2) is 23.1 Å². The number of nitrogens with one attached hydrogen (secondary N) is 2. The highest BCUT2D eigenvalue weighted by atomic mass is 32.2. The number of hydrogen-bond donors (Lipinski definition) is 2. The van der Waals surface area contributed by atoms with Gasteiger partial charge < -0.3 is 5.32 Å². The highest BCUT2D eigenvalue weighted by Crippen LogP contribution is 2.16.